The van der Waals surface area contributed by atoms with Gasteiger partial charge in [-0.25, -0.2) is 9.97 Å². The summed E-state index contributed by atoms with van der Waals surface area (Å²) in [6.45, 7) is 7.27. The van der Waals surface area contributed by atoms with Crippen LogP contribution in [0.3, 0.4) is 0 Å². The smallest absolute Gasteiger partial charge is 0.171 e. The third-order valence-corrected chi connectivity index (χ3v) is 5.04. The highest BCUT2D eigenvalue weighted by molar-refractivity contribution is 9.10. The molecule has 0 saturated heterocycles. The van der Waals surface area contributed by atoms with Gasteiger partial charge in [-0.15, -0.1) is 11.3 Å². The molecule has 2 aromatic rings. The van der Waals surface area contributed by atoms with Crippen LogP contribution < -0.4 is 5.32 Å². The zero-order valence-electron chi connectivity index (χ0n) is 12.2. The van der Waals surface area contributed by atoms with E-state index in [0.29, 0.717) is 0 Å². The van der Waals surface area contributed by atoms with Crippen molar-refractivity contribution in [3.8, 4) is 10.7 Å². The first-order valence-electron chi connectivity index (χ1n) is 7.08. The average Bonchev–Trinajstić information content (AvgIpc) is 2.92. The molecule has 3 nitrogen and oxygen atoms in total. The van der Waals surface area contributed by atoms with Crippen LogP contribution in [0.4, 0.5) is 5.82 Å². The topological polar surface area (TPSA) is 37.8 Å². The maximum Gasteiger partial charge on any atom is 0.171 e. The first-order valence-corrected chi connectivity index (χ1v) is 8.69. The molecule has 20 heavy (non-hydrogen) atoms. The molecule has 0 radical (unpaired) electrons. The molecule has 0 saturated carbocycles. The van der Waals surface area contributed by atoms with E-state index in [0.717, 1.165) is 52.5 Å². The lowest BCUT2D eigenvalue weighted by Gasteiger charge is -2.11. The molecule has 108 valence electrons. The van der Waals surface area contributed by atoms with Crippen molar-refractivity contribution in [3.63, 3.8) is 0 Å². The van der Waals surface area contributed by atoms with Crippen LogP contribution in [0.15, 0.2) is 16.6 Å². The SMILES string of the molecule is CCCc1nc(-c2ccc(CC)s2)nc(NCC)c1Br. The standard InChI is InChI=1S/C15H20BrN3S/c1-4-7-11-13(16)15(17-6-3)19-14(18-11)12-9-8-10(5-2)20-12/h8-9H,4-7H2,1-3H3,(H,17,18,19). The minimum Gasteiger partial charge on any atom is -0.369 e. The number of aryl methyl sites for hydroxylation is 2. The summed E-state index contributed by atoms with van der Waals surface area (Å²) >= 11 is 5.40. The first-order chi connectivity index (χ1) is 9.69. The first kappa shape index (κ1) is 15.4. The van der Waals surface area contributed by atoms with Gasteiger partial charge in [-0.05, 0) is 47.8 Å². The van der Waals surface area contributed by atoms with E-state index < -0.39 is 0 Å². The number of thiophene rings is 1. The molecule has 0 aromatic carbocycles. The van der Waals surface area contributed by atoms with Gasteiger partial charge in [0.1, 0.15) is 5.82 Å². The highest BCUT2D eigenvalue weighted by Crippen LogP contribution is 2.31. The van der Waals surface area contributed by atoms with E-state index >= 15 is 0 Å². The van der Waals surface area contributed by atoms with Crippen LogP contribution in [0.2, 0.25) is 0 Å². The molecule has 0 spiro atoms. The molecular formula is C15H20BrN3S. The Hall–Kier alpha value is -0.940. The normalized spacial score (nSPS) is 10.8. The van der Waals surface area contributed by atoms with Crippen molar-refractivity contribution in [2.45, 2.75) is 40.0 Å². The Morgan fingerprint density at radius 1 is 1.20 bits per heavy atom. The third-order valence-electron chi connectivity index (χ3n) is 2.98. The van der Waals surface area contributed by atoms with Gasteiger partial charge >= 0.3 is 0 Å². The molecule has 2 rings (SSSR count). The lowest BCUT2D eigenvalue weighted by atomic mass is 10.2. The molecule has 5 heteroatoms. The Kier molecular flexibility index (Phi) is 5.54. The van der Waals surface area contributed by atoms with E-state index in [-0.39, 0.29) is 0 Å². The fraction of sp³-hybridized carbons (Fsp3) is 0.467. The van der Waals surface area contributed by atoms with Gasteiger partial charge in [-0.2, -0.15) is 0 Å². The zero-order chi connectivity index (χ0) is 14.5. The van der Waals surface area contributed by atoms with Crippen LogP contribution in [0.5, 0.6) is 0 Å². The molecule has 0 fully saturated rings. The predicted molar refractivity (Wildman–Crippen MR) is 90.6 cm³/mol. The van der Waals surface area contributed by atoms with Gasteiger partial charge in [0.15, 0.2) is 5.82 Å². The average molecular weight is 354 g/mol. The summed E-state index contributed by atoms with van der Waals surface area (Å²) in [6, 6.07) is 4.29. The van der Waals surface area contributed by atoms with Gasteiger partial charge in [0.25, 0.3) is 0 Å². The number of hydrogen-bond donors (Lipinski definition) is 1. The molecule has 0 aliphatic heterocycles. The summed E-state index contributed by atoms with van der Waals surface area (Å²) in [5.41, 5.74) is 1.08. The lowest BCUT2D eigenvalue weighted by molar-refractivity contribution is 0.868. The highest BCUT2D eigenvalue weighted by atomic mass is 79.9. The summed E-state index contributed by atoms with van der Waals surface area (Å²) in [7, 11) is 0. The van der Waals surface area contributed by atoms with E-state index in [1.54, 1.807) is 11.3 Å². The van der Waals surface area contributed by atoms with Gasteiger partial charge in [0, 0.05) is 11.4 Å². The fourth-order valence-corrected chi connectivity index (χ4v) is 3.38. The highest BCUT2D eigenvalue weighted by Gasteiger charge is 2.13. The van der Waals surface area contributed by atoms with Crippen LogP contribution in [0.1, 0.15) is 37.8 Å². The van der Waals surface area contributed by atoms with Crippen molar-refractivity contribution in [3.05, 3.63) is 27.2 Å². The van der Waals surface area contributed by atoms with Crippen molar-refractivity contribution in [1.82, 2.24) is 9.97 Å². The second-order valence-electron chi connectivity index (χ2n) is 4.56. The molecule has 0 amide bonds. The molecule has 0 aliphatic rings. The van der Waals surface area contributed by atoms with Crippen LogP contribution in [-0.2, 0) is 12.8 Å². The summed E-state index contributed by atoms with van der Waals surface area (Å²) in [4.78, 5) is 11.9. The Bertz CT molecular complexity index is 553. The van der Waals surface area contributed by atoms with Gasteiger partial charge in [0.2, 0.25) is 0 Å². The number of rotatable bonds is 6. The molecule has 0 atom stereocenters. The largest absolute Gasteiger partial charge is 0.369 e. The number of aromatic nitrogens is 2. The minimum atomic E-state index is 0.831. The molecular weight excluding hydrogens is 334 g/mol. The van der Waals surface area contributed by atoms with E-state index in [4.69, 9.17) is 4.98 Å². The second kappa shape index (κ2) is 7.18. The summed E-state index contributed by atoms with van der Waals surface area (Å²) in [5, 5.41) is 3.31. The molecule has 0 bridgehead atoms. The summed E-state index contributed by atoms with van der Waals surface area (Å²) in [6.07, 6.45) is 3.09. The van der Waals surface area contributed by atoms with Crippen molar-refractivity contribution >= 4 is 33.1 Å². The Balaban J connectivity index is 2.46. The van der Waals surface area contributed by atoms with Crippen LogP contribution in [0.25, 0.3) is 10.7 Å². The number of halogens is 1. The van der Waals surface area contributed by atoms with Gasteiger partial charge in [-0.3, -0.25) is 0 Å². The maximum atomic E-state index is 4.74. The third kappa shape index (κ3) is 3.38. The maximum absolute atomic E-state index is 4.74. The van der Waals surface area contributed by atoms with Crippen molar-refractivity contribution < 1.29 is 0 Å². The molecule has 0 aliphatic carbocycles. The van der Waals surface area contributed by atoms with E-state index in [1.165, 1.54) is 4.88 Å². The molecule has 0 unspecified atom stereocenters. The lowest BCUT2D eigenvalue weighted by Crippen LogP contribution is -2.05. The van der Waals surface area contributed by atoms with Crippen molar-refractivity contribution in [1.29, 1.82) is 0 Å². The number of nitrogens with zero attached hydrogens (tertiary/aromatic N) is 2. The van der Waals surface area contributed by atoms with Gasteiger partial charge in [-0.1, -0.05) is 20.3 Å². The van der Waals surface area contributed by atoms with Crippen LogP contribution >= 0.6 is 27.3 Å². The quantitative estimate of drug-likeness (QED) is 0.801. The monoisotopic (exact) mass is 353 g/mol. The molecule has 1 N–H and O–H groups in total. The number of hydrogen-bond acceptors (Lipinski definition) is 4. The summed E-state index contributed by atoms with van der Waals surface area (Å²) < 4.78 is 0.997. The Morgan fingerprint density at radius 2 is 2.00 bits per heavy atom. The summed E-state index contributed by atoms with van der Waals surface area (Å²) in [5.74, 6) is 1.73. The predicted octanol–water partition coefficient (Wildman–Crippen LogP) is 4.91. The van der Waals surface area contributed by atoms with Gasteiger partial charge < -0.3 is 5.32 Å². The van der Waals surface area contributed by atoms with E-state index in [9.17, 15) is 0 Å². The molecule has 2 heterocycles. The minimum absolute atomic E-state index is 0.831. The van der Waals surface area contributed by atoms with Crippen molar-refractivity contribution in [2.75, 3.05) is 11.9 Å². The van der Waals surface area contributed by atoms with E-state index in [2.05, 4.69) is 59.1 Å². The molecule has 2 aromatic heterocycles. The van der Waals surface area contributed by atoms with Crippen molar-refractivity contribution in [2.24, 2.45) is 0 Å². The second-order valence-corrected chi connectivity index (χ2v) is 6.52. The zero-order valence-corrected chi connectivity index (χ0v) is 14.6. The van der Waals surface area contributed by atoms with Crippen LogP contribution in [0, 0.1) is 0 Å². The van der Waals surface area contributed by atoms with E-state index in [1.807, 2.05) is 0 Å². The Labute approximate surface area is 133 Å². The van der Waals surface area contributed by atoms with Crippen LogP contribution in [-0.4, -0.2) is 16.5 Å². The number of anilines is 1. The fourth-order valence-electron chi connectivity index (χ4n) is 1.98. The van der Waals surface area contributed by atoms with Gasteiger partial charge in [0.05, 0.1) is 15.0 Å². The Morgan fingerprint density at radius 3 is 2.60 bits per heavy atom. The number of nitrogens with one attached hydrogen (secondary N) is 1.